The van der Waals surface area contributed by atoms with E-state index in [1.165, 1.54) is 11.3 Å². The van der Waals surface area contributed by atoms with Crippen LogP contribution < -0.4 is 5.32 Å². The van der Waals surface area contributed by atoms with Gasteiger partial charge in [-0.15, -0.1) is 0 Å². The summed E-state index contributed by atoms with van der Waals surface area (Å²) in [6, 6.07) is 8.55. The van der Waals surface area contributed by atoms with E-state index in [1.807, 2.05) is 13.0 Å². The predicted octanol–water partition coefficient (Wildman–Crippen LogP) is 1.82. The lowest BCUT2D eigenvalue weighted by Gasteiger charge is -2.05. The number of aromatic amines is 1. The summed E-state index contributed by atoms with van der Waals surface area (Å²) in [4.78, 5) is 4.35. The smallest absolute Gasteiger partial charge is 0.173 e. The molecule has 1 aromatic carbocycles. The average molecular weight is 200 g/mol. The van der Waals surface area contributed by atoms with Crippen LogP contribution in [-0.4, -0.2) is 15.2 Å². The number of nitrogens with one attached hydrogen (secondary N) is 2. The molecule has 1 aromatic heterocycles. The molecule has 0 saturated carbocycles. The van der Waals surface area contributed by atoms with Crippen molar-refractivity contribution in [1.82, 2.24) is 15.2 Å². The van der Waals surface area contributed by atoms with E-state index in [1.54, 1.807) is 0 Å². The first-order chi connectivity index (χ1) is 7.33. The van der Waals surface area contributed by atoms with E-state index in [4.69, 9.17) is 0 Å². The van der Waals surface area contributed by atoms with E-state index in [0.717, 1.165) is 18.1 Å². The van der Waals surface area contributed by atoms with Crippen LogP contribution in [0.2, 0.25) is 0 Å². The summed E-state index contributed by atoms with van der Waals surface area (Å²) in [5, 5.41) is 10.5. The summed E-state index contributed by atoms with van der Waals surface area (Å²) in [7, 11) is 0. The van der Waals surface area contributed by atoms with Gasteiger partial charge in [0, 0.05) is 12.1 Å². The first-order valence-electron chi connectivity index (χ1n) is 5.06. The quantitative estimate of drug-likeness (QED) is 0.738. The molecular weight excluding hydrogens is 188 g/mol. The minimum absolute atomic E-state index is 0.215. The fraction of sp³-hybridized carbons (Fsp3) is 0.273. The number of aryl methyl sites for hydroxylation is 1. The van der Waals surface area contributed by atoms with Gasteiger partial charge in [-0.25, -0.2) is 4.98 Å². The molecule has 1 atom stereocenters. The summed E-state index contributed by atoms with van der Waals surface area (Å²) in [6.45, 7) is 1.92. The largest absolute Gasteiger partial charge is 0.375 e. The first-order valence-corrected chi connectivity index (χ1v) is 5.06. The Kier molecular flexibility index (Phi) is 1.74. The fourth-order valence-electron chi connectivity index (χ4n) is 1.97. The topological polar surface area (TPSA) is 53.6 Å². The maximum absolute atomic E-state index is 4.35. The van der Waals surface area contributed by atoms with Crippen molar-refractivity contribution in [2.45, 2.75) is 19.4 Å². The van der Waals surface area contributed by atoms with E-state index in [0.29, 0.717) is 0 Å². The molecule has 2 N–H and O–H groups in total. The highest BCUT2D eigenvalue weighted by Gasteiger charge is 2.24. The number of hydrogen-bond donors (Lipinski definition) is 2. The van der Waals surface area contributed by atoms with Gasteiger partial charge in [-0.05, 0) is 18.6 Å². The molecule has 2 aromatic rings. The van der Waals surface area contributed by atoms with Gasteiger partial charge in [0.2, 0.25) is 0 Å². The summed E-state index contributed by atoms with van der Waals surface area (Å²) in [6.07, 6.45) is 0.966. The molecule has 0 radical (unpaired) electrons. The first kappa shape index (κ1) is 8.47. The Bertz CT molecular complexity index is 464. The zero-order valence-electron chi connectivity index (χ0n) is 8.49. The average Bonchev–Trinajstić information content (AvgIpc) is 2.82. The van der Waals surface area contributed by atoms with Crippen molar-refractivity contribution in [3.05, 3.63) is 41.5 Å². The Labute approximate surface area is 87.7 Å². The predicted molar refractivity (Wildman–Crippen MR) is 57.6 cm³/mol. The number of hydrogen-bond acceptors (Lipinski definition) is 3. The Balaban J connectivity index is 1.90. The minimum Gasteiger partial charge on any atom is -0.375 e. The van der Waals surface area contributed by atoms with E-state index in [2.05, 4.69) is 38.7 Å². The highest BCUT2D eigenvalue weighted by Crippen LogP contribution is 2.32. The lowest BCUT2D eigenvalue weighted by atomic mass is 10.1. The third-order valence-electron chi connectivity index (χ3n) is 2.70. The van der Waals surface area contributed by atoms with Crippen LogP contribution >= 0.6 is 0 Å². The molecule has 0 bridgehead atoms. The highest BCUT2D eigenvalue weighted by atomic mass is 15.2. The van der Waals surface area contributed by atoms with Crippen molar-refractivity contribution in [2.75, 3.05) is 5.32 Å². The van der Waals surface area contributed by atoms with Crippen LogP contribution in [0.25, 0.3) is 0 Å². The molecule has 4 heteroatoms. The maximum atomic E-state index is 4.35. The Morgan fingerprint density at radius 1 is 1.33 bits per heavy atom. The van der Waals surface area contributed by atoms with Crippen LogP contribution in [0.1, 0.15) is 23.3 Å². The number of anilines is 1. The second-order valence-electron chi connectivity index (χ2n) is 3.84. The van der Waals surface area contributed by atoms with Gasteiger partial charge in [0.25, 0.3) is 0 Å². The lowest BCUT2D eigenvalue weighted by Crippen LogP contribution is -2.07. The van der Waals surface area contributed by atoms with Crippen LogP contribution in [0.4, 0.5) is 5.69 Å². The van der Waals surface area contributed by atoms with Crippen molar-refractivity contribution < 1.29 is 0 Å². The van der Waals surface area contributed by atoms with Gasteiger partial charge in [0.1, 0.15) is 5.82 Å². The van der Waals surface area contributed by atoms with E-state index >= 15 is 0 Å². The molecule has 2 heterocycles. The zero-order valence-corrected chi connectivity index (χ0v) is 8.49. The molecule has 0 saturated heterocycles. The summed E-state index contributed by atoms with van der Waals surface area (Å²) in [5.41, 5.74) is 2.54. The Hall–Kier alpha value is -1.84. The molecule has 4 nitrogen and oxygen atoms in total. The number of para-hydroxylation sites is 1. The lowest BCUT2D eigenvalue weighted by molar-refractivity contribution is 0.753. The molecule has 0 fully saturated rings. The van der Waals surface area contributed by atoms with Gasteiger partial charge in [-0.2, -0.15) is 5.10 Å². The number of aromatic nitrogens is 3. The molecule has 0 amide bonds. The third kappa shape index (κ3) is 1.38. The van der Waals surface area contributed by atoms with Gasteiger partial charge in [-0.3, -0.25) is 5.10 Å². The van der Waals surface area contributed by atoms with E-state index in [9.17, 15) is 0 Å². The van der Waals surface area contributed by atoms with Crippen molar-refractivity contribution >= 4 is 5.69 Å². The maximum Gasteiger partial charge on any atom is 0.173 e. The van der Waals surface area contributed by atoms with Gasteiger partial charge in [-0.1, -0.05) is 18.2 Å². The summed E-state index contributed by atoms with van der Waals surface area (Å²) in [5.74, 6) is 1.71. The van der Waals surface area contributed by atoms with Crippen LogP contribution in [0.15, 0.2) is 24.3 Å². The molecule has 1 aliphatic heterocycles. The monoisotopic (exact) mass is 200 g/mol. The van der Waals surface area contributed by atoms with Crippen LogP contribution in [0.5, 0.6) is 0 Å². The Morgan fingerprint density at radius 2 is 2.20 bits per heavy atom. The van der Waals surface area contributed by atoms with Crippen LogP contribution in [0, 0.1) is 6.92 Å². The highest BCUT2D eigenvalue weighted by molar-refractivity contribution is 5.57. The molecule has 3 rings (SSSR count). The second-order valence-corrected chi connectivity index (χ2v) is 3.84. The van der Waals surface area contributed by atoms with E-state index in [-0.39, 0.29) is 6.04 Å². The molecular formula is C11H12N4. The molecule has 1 unspecified atom stereocenters. The van der Waals surface area contributed by atoms with Crippen molar-refractivity contribution in [3.8, 4) is 0 Å². The zero-order chi connectivity index (χ0) is 10.3. The number of benzene rings is 1. The molecule has 0 aliphatic carbocycles. The second kappa shape index (κ2) is 3.08. The van der Waals surface area contributed by atoms with Gasteiger partial charge >= 0.3 is 0 Å². The standard InChI is InChI=1S/C11H12N4/c1-7-12-11(15-14-7)10-6-8-4-2-3-5-9(8)13-10/h2-5,10,13H,6H2,1H3,(H,12,14,15). The SMILES string of the molecule is Cc1nc(C2Cc3ccccc3N2)n[nH]1. The number of nitrogens with zero attached hydrogens (tertiary/aromatic N) is 2. The van der Waals surface area contributed by atoms with Crippen LogP contribution in [-0.2, 0) is 6.42 Å². The van der Waals surface area contributed by atoms with Gasteiger partial charge in [0.05, 0.1) is 6.04 Å². The normalized spacial score (nSPS) is 18.6. The fourth-order valence-corrected chi connectivity index (χ4v) is 1.97. The number of fused-ring (bicyclic) bond motifs is 1. The number of H-pyrrole nitrogens is 1. The number of rotatable bonds is 1. The van der Waals surface area contributed by atoms with Crippen molar-refractivity contribution in [1.29, 1.82) is 0 Å². The third-order valence-corrected chi connectivity index (χ3v) is 2.70. The van der Waals surface area contributed by atoms with Gasteiger partial charge in [0.15, 0.2) is 5.82 Å². The molecule has 0 spiro atoms. The minimum atomic E-state index is 0.215. The van der Waals surface area contributed by atoms with Crippen LogP contribution in [0.3, 0.4) is 0 Å². The van der Waals surface area contributed by atoms with E-state index < -0.39 is 0 Å². The molecule has 1 aliphatic rings. The van der Waals surface area contributed by atoms with Crippen molar-refractivity contribution in [3.63, 3.8) is 0 Å². The van der Waals surface area contributed by atoms with Gasteiger partial charge < -0.3 is 5.32 Å². The summed E-state index contributed by atoms with van der Waals surface area (Å²) < 4.78 is 0. The summed E-state index contributed by atoms with van der Waals surface area (Å²) >= 11 is 0. The van der Waals surface area contributed by atoms with Crippen molar-refractivity contribution in [2.24, 2.45) is 0 Å². The molecule has 76 valence electrons. The molecule has 15 heavy (non-hydrogen) atoms. The Morgan fingerprint density at radius 3 is 2.93 bits per heavy atom.